The van der Waals surface area contributed by atoms with Crippen LogP contribution in [0.25, 0.3) is 0 Å². The number of hydrogen-bond donors (Lipinski definition) is 2. The lowest BCUT2D eigenvalue weighted by Gasteiger charge is -2.26. The lowest BCUT2D eigenvalue weighted by atomic mass is 10.0. The number of carbonyl (C=O) groups excluding carboxylic acids is 1. The fourth-order valence-corrected chi connectivity index (χ4v) is 2.97. The minimum Gasteiger partial charge on any atom is -0.331 e. The molecule has 0 atom stereocenters. The molecule has 1 aliphatic heterocycles. The maximum Gasteiger partial charge on any atom is 0.274 e. The summed E-state index contributed by atoms with van der Waals surface area (Å²) < 4.78 is 24.8. The SMILES string of the molecule is Cc1cnc(C(=O)N2CCc3c(CNS(C)(=O)=O)n[nH]c3C2)cn1. The monoisotopic (exact) mass is 350 g/mol. The molecule has 0 radical (unpaired) electrons. The van der Waals surface area contributed by atoms with Gasteiger partial charge in [-0.1, -0.05) is 0 Å². The Bertz CT molecular complexity index is 859. The number of aromatic nitrogens is 4. The van der Waals surface area contributed by atoms with E-state index < -0.39 is 10.0 Å². The molecule has 0 saturated heterocycles. The molecule has 0 aromatic carbocycles. The molecular formula is C14H18N6O3S. The lowest BCUT2D eigenvalue weighted by Crippen LogP contribution is -2.36. The van der Waals surface area contributed by atoms with Gasteiger partial charge in [0.1, 0.15) is 5.69 Å². The standard InChI is InChI=1S/C14H18N6O3S/c1-9-5-16-12(6-15-9)14(21)20-4-3-10-11(7-17-24(2,22)23)18-19-13(10)8-20/h5-6,17H,3-4,7-8H2,1-2H3,(H,18,19). The number of H-pyrrole nitrogens is 1. The summed E-state index contributed by atoms with van der Waals surface area (Å²) in [6.07, 6.45) is 4.75. The minimum atomic E-state index is -3.27. The Balaban J connectivity index is 1.72. The molecule has 9 nitrogen and oxygen atoms in total. The van der Waals surface area contributed by atoms with E-state index in [1.807, 2.05) is 6.92 Å². The van der Waals surface area contributed by atoms with Crippen LogP contribution < -0.4 is 4.72 Å². The van der Waals surface area contributed by atoms with Crippen LogP contribution in [-0.4, -0.2) is 52.2 Å². The van der Waals surface area contributed by atoms with E-state index >= 15 is 0 Å². The van der Waals surface area contributed by atoms with Crippen molar-refractivity contribution in [2.75, 3.05) is 12.8 Å². The number of nitrogens with one attached hydrogen (secondary N) is 2. The molecule has 128 valence electrons. The average molecular weight is 350 g/mol. The Morgan fingerprint density at radius 2 is 2.17 bits per heavy atom. The van der Waals surface area contributed by atoms with Crippen molar-refractivity contribution in [1.29, 1.82) is 0 Å². The first-order valence-electron chi connectivity index (χ1n) is 7.41. The highest BCUT2D eigenvalue weighted by molar-refractivity contribution is 7.88. The van der Waals surface area contributed by atoms with Gasteiger partial charge in [-0.05, 0) is 13.3 Å². The van der Waals surface area contributed by atoms with Crippen molar-refractivity contribution < 1.29 is 13.2 Å². The summed E-state index contributed by atoms with van der Waals surface area (Å²) in [5.74, 6) is -0.182. The first-order chi connectivity index (χ1) is 11.3. The second kappa shape index (κ2) is 6.29. The Labute approximate surface area is 139 Å². The molecule has 3 rings (SSSR count). The summed E-state index contributed by atoms with van der Waals surface area (Å²) in [7, 11) is -3.27. The summed E-state index contributed by atoms with van der Waals surface area (Å²) in [4.78, 5) is 22.4. The summed E-state index contributed by atoms with van der Waals surface area (Å²) in [5.41, 5.74) is 3.51. The van der Waals surface area contributed by atoms with Crippen molar-refractivity contribution in [2.24, 2.45) is 0 Å². The van der Waals surface area contributed by atoms with Crippen LogP contribution in [0.2, 0.25) is 0 Å². The molecule has 1 amide bonds. The number of nitrogens with zero attached hydrogens (tertiary/aromatic N) is 4. The Kier molecular flexibility index (Phi) is 4.33. The summed E-state index contributed by atoms with van der Waals surface area (Å²) >= 11 is 0. The van der Waals surface area contributed by atoms with Crippen LogP contribution in [0, 0.1) is 6.92 Å². The zero-order valence-corrected chi connectivity index (χ0v) is 14.2. The molecule has 0 spiro atoms. The lowest BCUT2D eigenvalue weighted by molar-refractivity contribution is 0.0726. The predicted octanol–water partition coefficient (Wildman–Crippen LogP) is -0.244. The van der Waals surface area contributed by atoms with Crippen molar-refractivity contribution in [3.63, 3.8) is 0 Å². The number of aryl methyl sites for hydroxylation is 1. The molecule has 0 fully saturated rings. The highest BCUT2D eigenvalue weighted by Crippen LogP contribution is 2.21. The Morgan fingerprint density at radius 3 is 2.83 bits per heavy atom. The van der Waals surface area contributed by atoms with E-state index in [9.17, 15) is 13.2 Å². The molecule has 3 heterocycles. The van der Waals surface area contributed by atoms with Crippen LogP contribution in [0.3, 0.4) is 0 Å². The van der Waals surface area contributed by atoms with Crippen molar-refractivity contribution in [3.05, 3.63) is 40.7 Å². The number of carbonyl (C=O) groups is 1. The van der Waals surface area contributed by atoms with Gasteiger partial charge in [0.25, 0.3) is 5.91 Å². The molecular weight excluding hydrogens is 332 g/mol. The molecule has 0 unspecified atom stereocenters. The smallest absolute Gasteiger partial charge is 0.274 e. The quantitative estimate of drug-likeness (QED) is 0.785. The van der Waals surface area contributed by atoms with Gasteiger partial charge in [-0.3, -0.25) is 14.9 Å². The van der Waals surface area contributed by atoms with Gasteiger partial charge in [-0.25, -0.2) is 18.1 Å². The molecule has 10 heteroatoms. The fraction of sp³-hybridized carbons (Fsp3) is 0.429. The van der Waals surface area contributed by atoms with Gasteiger partial charge in [0.05, 0.1) is 42.6 Å². The van der Waals surface area contributed by atoms with Crippen molar-refractivity contribution in [3.8, 4) is 0 Å². The third kappa shape index (κ3) is 3.60. The third-order valence-electron chi connectivity index (χ3n) is 3.81. The number of hydrogen-bond acceptors (Lipinski definition) is 6. The van der Waals surface area contributed by atoms with Crippen molar-refractivity contribution >= 4 is 15.9 Å². The number of amides is 1. The summed E-state index contributed by atoms with van der Waals surface area (Å²) in [6, 6.07) is 0. The van der Waals surface area contributed by atoms with E-state index in [1.54, 1.807) is 11.1 Å². The Hall–Kier alpha value is -2.33. The minimum absolute atomic E-state index is 0.141. The molecule has 24 heavy (non-hydrogen) atoms. The second-order valence-electron chi connectivity index (χ2n) is 5.74. The molecule has 1 aliphatic rings. The highest BCUT2D eigenvalue weighted by Gasteiger charge is 2.26. The van der Waals surface area contributed by atoms with Gasteiger partial charge >= 0.3 is 0 Å². The first-order valence-corrected chi connectivity index (χ1v) is 9.30. The number of sulfonamides is 1. The zero-order chi connectivity index (χ0) is 17.3. The van der Waals surface area contributed by atoms with Gasteiger partial charge in [-0.2, -0.15) is 5.10 Å². The topological polar surface area (TPSA) is 121 Å². The van der Waals surface area contributed by atoms with E-state index in [0.29, 0.717) is 30.9 Å². The number of fused-ring (bicyclic) bond motifs is 1. The molecule has 0 aliphatic carbocycles. The van der Waals surface area contributed by atoms with Crippen LogP contribution >= 0.6 is 0 Å². The molecule has 2 N–H and O–H groups in total. The van der Waals surface area contributed by atoms with Crippen molar-refractivity contribution in [2.45, 2.75) is 26.4 Å². The van der Waals surface area contributed by atoms with Crippen LogP contribution in [-0.2, 0) is 29.5 Å². The highest BCUT2D eigenvalue weighted by atomic mass is 32.2. The van der Waals surface area contributed by atoms with Gasteiger partial charge < -0.3 is 4.90 Å². The Morgan fingerprint density at radius 1 is 1.38 bits per heavy atom. The van der Waals surface area contributed by atoms with Crippen LogP contribution in [0.1, 0.15) is 33.1 Å². The number of rotatable bonds is 4. The van der Waals surface area contributed by atoms with Gasteiger partial charge in [0, 0.05) is 18.3 Å². The predicted molar refractivity (Wildman–Crippen MR) is 85.5 cm³/mol. The zero-order valence-electron chi connectivity index (χ0n) is 13.4. The molecule has 2 aromatic heterocycles. The van der Waals surface area contributed by atoms with Crippen LogP contribution in [0.5, 0.6) is 0 Å². The van der Waals surface area contributed by atoms with E-state index in [4.69, 9.17) is 0 Å². The van der Waals surface area contributed by atoms with E-state index in [2.05, 4.69) is 24.9 Å². The van der Waals surface area contributed by atoms with Gasteiger partial charge in [0.15, 0.2) is 0 Å². The van der Waals surface area contributed by atoms with Crippen LogP contribution in [0.4, 0.5) is 0 Å². The summed E-state index contributed by atoms with van der Waals surface area (Å²) in [6.45, 7) is 2.86. The summed E-state index contributed by atoms with van der Waals surface area (Å²) in [5, 5.41) is 7.05. The normalized spacial score (nSPS) is 14.5. The fourth-order valence-electron chi connectivity index (χ4n) is 2.57. The van der Waals surface area contributed by atoms with E-state index in [0.717, 1.165) is 23.2 Å². The molecule has 0 bridgehead atoms. The maximum atomic E-state index is 12.5. The third-order valence-corrected chi connectivity index (χ3v) is 4.48. The van der Waals surface area contributed by atoms with E-state index in [1.165, 1.54) is 6.20 Å². The average Bonchev–Trinajstić information content (AvgIpc) is 2.94. The first kappa shape index (κ1) is 16.5. The largest absolute Gasteiger partial charge is 0.331 e. The number of aromatic amines is 1. The molecule has 2 aromatic rings. The molecule has 0 saturated carbocycles. The van der Waals surface area contributed by atoms with Crippen LogP contribution in [0.15, 0.2) is 12.4 Å². The van der Waals surface area contributed by atoms with Gasteiger partial charge in [-0.15, -0.1) is 0 Å². The van der Waals surface area contributed by atoms with Gasteiger partial charge in [0.2, 0.25) is 10.0 Å². The van der Waals surface area contributed by atoms with Crippen molar-refractivity contribution in [1.82, 2.24) is 29.8 Å². The second-order valence-corrected chi connectivity index (χ2v) is 7.57. The maximum absolute atomic E-state index is 12.5. The van der Waals surface area contributed by atoms with E-state index in [-0.39, 0.29) is 12.5 Å².